The highest BCUT2D eigenvalue weighted by Gasteiger charge is 2.11. The fourth-order valence-electron chi connectivity index (χ4n) is 1.27. The number of nitro groups is 1. The normalized spacial score (nSPS) is 11.2. The summed E-state index contributed by atoms with van der Waals surface area (Å²) in [5, 5.41) is 10.6. The quantitative estimate of drug-likeness (QED) is 0.633. The van der Waals surface area contributed by atoms with Crippen LogP contribution in [-0.2, 0) is 0 Å². The van der Waals surface area contributed by atoms with Crippen molar-refractivity contribution in [1.82, 2.24) is 0 Å². The van der Waals surface area contributed by atoms with E-state index in [1.54, 1.807) is 12.1 Å². The molecular formula is C11H12BrNO4. The smallest absolute Gasteiger partial charge is 0.243 e. The largest absolute Gasteiger partial charge is 0.496 e. The summed E-state index contributed by atoms with van der Waals surface area (Å²) in [5.74, 6) is 1.13. The van der Waals surface area contributed by atoms with E-state index in [-0.39, 0.29) is 5.70 Å². The molecule has 0 radical (unpaired) electrons. The molecule has 0 aromatic heterocycles. The van der Waals surface area contributed by atoms with Crippen molar-refractivity contribution >= 4 is 22.0 Å². The predicted molar refractivity (Wildman–Crippen MR) is 67.9 cm³/mol. The lowest BCUT2D eigenvalue weighted by Gasteiger charge is -2.09. The van der Waals surface area contributed by atoms with Crippen LogP contribution in [0.25, 0.3) is 6.08 Å². The molecule has 0 unspecified atom stereocenters. The minimum atomic E-state index is -0.450. The second kappa shape index (κ2) is 5.67. The molecule has 5 nitrogen and oxygen atoms in total. The Morgan fingerprint density at radius 2 is 1.94 bits per heavy atom. The average Bonchev–Trinajstić information content (AvgIpc) is 2.30. The number of hydrogen-bond acceptors (Lipinski definition) is 4. The second-order valence-corrected chi connectivity index (χ2v) is 4.13. The molecule has 6 heteroatoms. The number of allylic oxidation sites excluding steroid dienone is 1. The molecule has 0 aliphatic rings. The van der Waals surface area contributed by atoms with Crippen LogP contribution < -0.4 is 9.47 Å². The highest BCUT2D eigenvalue weighted by Crippen LogP contribution is 2.33. The first-order valence-corrected chi connectivity index (χ1v) is 5.53. The minimum absolute atomic E-state index is 0.0349. The van der Waals surface area contributed by atoms with Gasteiger partial charge in [0, 0.05) is 18.6 Å². The molecule has 1 aromatic rings. The zero-order valence-electron chi connectivity index (χ0n) is 9.69. The van der Waals surface area contributed by atoms with Gasteiger partial charge in [0.2, 0.25) is 5.70 Å². The van der Waals surface area contributed by atoms with Gasteiger partial charge in [0.25, 0.3) is 0 Å². The van der Waals surface area contributed by atoms with Gasteiger partial charge in [-0.05, 0) is 28.1 Å². The molecule has 0 saturated carbocycles. The first-order chi connectivity index (χ1) is 7.99. The number of halogens is 1. The van der Waals surface area contributed by atoms with Crippen LogP contribution in [0.1, 0.15) is 12.5 Å². The maximum Gasteiger partial charge on any atom is 0.243 e. The number of hydrogen-bond donors (Lipinski definition) is 0. The number of ether oxygens (including phenoxy) is 2. The monoisotopic (exact) mass is 301 g/mol. The van der Waals surface area contributed by atoms with E-state index in [4.69, 9.17) is 9.47 Å². The molecule has 0 fully saturated rings. The van der Waals surface area contributed by atoms with Crippen LogP contribution in [0, 0.1) is 10.1 Å². The van der Waals surface area contributed by atoms with Gasteiger partial charge in [-0.3, -0.25) is 10.1 Å². The summed E-state index contributed by atoms with van der Waals surface area (Å²) in [4.78, 5) is 10.1. The van der Waals surface area contributed by atoms with E-state index < -0.39 is 4.92 Å². The lowest BCUT2D eigenvalue weighted by Crippen LogP contribution is -1.95. The molecule has 0 saturated heterocycles. The fraction of sp³-hybridized carbons (Fsp3) is 0.273. The zero-order chi connectivity index (χ0) is 13.0. The average molecular weight is 302 g/mol. The zero-order valence-corrected chi connectivity index (χ0v) is 11.3. The third-order valence-corrected chi connectivity index (χ3v) is 2.78. The van der Waals surface area contributed by atoms with Crippen LogP contribution in [0.5, 0.6) is 11.5 Å². The Labute approximate surface area is 107 Å². The molecule has 0 bridgehead atoms. The van der Waals surface area contributed by atoms with E-state index in [9.17, 15) is 10.1 Å². The third-order valence-electron chi connectivity index (χ3n) is 2.16. The Morgan fingerprint density at radius 1 is 1.35 bits per heavy atom. The maximum atomic E-state index is 10.6. The first kappa shape index (κ1) is 13.5. The molecule has 0 heterocycles. The van der Waals surface area contributed by atoms with E-state index in [0.29, 0.717) is 17.1 Å². The van der Waals surface area contributed by atoms with Gasteiger partial charge in [0.1, 0.15) is 11.5 Å². The Bertz CT molecular complexity index is 471. The summed E-state index contributed by atoms with van der Waals surface area (Å²) in [6, 6.07) is 3.38. The van der Waals surface area contributed by atoms with Crippen molar-refractivity contribution in [1.29, 1.82) is 0 Å². The summed E-state index contributed by atoms with van der Waals surface area (Å²) in [6.45, 7) is 1.42. The molecular weight excluding hydrogens is 290 g/mol. The number of nitrogens with zero attached hydrogens (tertiary/aromatic N) is 1. The molecule has 17 heavy (non-hydrogen) atoms. The SMILES string of the molecule is COc1cc(C=C(C)[N+](=O)[O-])c(OC)cc1Br. The summed E-state index contributed by atoms with van der Waals surface area (Å²) < 4.78 is 11.0. The van der Waals surface area contributed by atoms with Crippen molar-refractivity contribution in [3.63, 3.8) is 0 Å². The van der Waals surface area contributed by atoms with Gasteiger partial charge in [-0.25, -0.2) is 0 Å². The Kier molecular flexibility index (Phi) is 4.51. The van der Waals surface area contributed by atoms with Crippen LogP contribution in [-0.4, -0.2) is 19.1 Å². The van der Waals surface area contributed by atoms with Crippen LogP contribution in [0.15, 0.2) is 22.3 Å². The summed E-state index contributed by atoms with van der Waals surface area (Å²) in [7, 11) is 3.04. The van der Waals surface area contributed by atoms with Crippen LogP contribution in [0.2, 0.25) is 0 Å². The van der Waals surface area contributed by atoms with Gasteiger partial charge in [-0.2, -0.15) is 0 Å². The molecule has 92 valence electrons. The van der Waals surface area contributed by atoms with E-state index in [1.165, 1.54) is 27.2 Å². The molecule has 0 aliphatic heterocycles. The van der Waals surface area contributed by atoms with Crippen molar-refractivity contribution in [2.24, 2.45) is 0 Å². The molecule has 0 aliphatic carbocycles. The van der Waals surface area contributed by atoms with E-state index in [0.717, 1.165) is 4.47 Å². The van der Waals surface area contributed by atoms with E-state index >= 15 is 0 Å². The molecule has 1 rings (SSSR count). The van der Waals surface area contributed by atoms with Gasteiger partial charge in [-0.1, -0.05) is 0 Å². The Balaban J connectivity index is 3.31. The molecule has 0 N–H and O–H groups in total. The van der Waals surface area contributed by atoms with Crippen molar-refractivity contribution in [2.45, 2.75) is 6.92 Å². The molecule has 1 aromatic carbocycles. The van der Waals surface area contributed by atoms with Gasteiger partial charge in [0.15, 0.2) is 0 Å². The Hall–Kier alpha value is -1.56. The number of rotatable bonds is 4. The van der Waals surface area contributed by atoms with Gasteiger partial charge >= 0.3 is 0 Å². The highest BCUT2D eigenvalue weighted by molar-refractivity contribution is 9.10. The molecule has 0 atom stereocenters. The summed E-state index contributed by atoms with van der Waals surface area (Å²) >= 11 is 3.32. The third kappa shape index (κ3) is 3.20. The van der Waals surface area contributed by atoms with Crippen molar-refractivity contribution < 1.29 is 14.4 Å². The van der Waals surface area contributed by atoms with E-state index in [1.807, 2.05) is 0 Å². The van der Waals surface area contributed by atoms with Crippen molar-refractivity contribution in [3.05, 3.63) is 38.0 Å². The van der Waals surface area contributed by atoms with Crippen LogP contribution >= 0.6 is 15.9 Å². The Morgan fingerprint density at radius 3 is 2.41 bits per heavy atom. The second-order valence-electron chi connectivity index (χ2n) is 3.27. The fourth-order valence-corrected chi connectivity index (χ4v) is 1.76. The molecule has 0 spiro atoms. The standard InChI is InChI=1S/C11H12BrNO4/c1-7(13(14)15)4-8-5-11(17-3)9(12)6-10(8)16-2/h4-6H,1-3H3. The topological polar surface area (TPSA) is 61.6 Å². The van der Waals surface area contributed by atoms with Gasteiger partial charge < -0.3 is 9.47 Å². The highest BCUT2D eigenvalue weighted by atomic mass is 79.9. The number of benzene rings is 1. The summed E-state index contributed by atoms with van der Waals surface area (Å²) in [6.07, 6.45) is 1.44. The van der Waals surface area contributed by atoms with Crippen molar-refractivity contribution in [3.8, 4) is 11.5 Å². The van der Waals surface area contributed by atoms with Gasteiger partial charge in [-0.15, -0.1) is 0 Å². The molecule has 0 amide bonds. The van der Waals surface area contributed by atoms with E-state index in [2.05, 4.69) is 15.9 Å². The van der Waals surface area contributed by atoms with Crippen molar-refractivity contribution in [2.75, 3.05) is 14.2 Å². The van der Waals surface area contributed by atoms with Gasteiger partial charge in [0.05, 0.1) is 23.6 Å². The first-order valence-electron chi connectivity index (χ1n) is 4.73. The lowest BCUT2D eigenvalue weighted by atomic mass is 10.1. The summed E-state index contributed by atoms with van der Waals surface area (Å²) in [5.41, 5.74) is 0.634. The number of methoxy groups -OCH3 is 2. The maximum absolute atomic E-state index is 10.6. The predicted octanol–water partition coefficient (Wildman–Crippen LogP) is 3.10. The van der Waals surface area contributed by atoms with Crippen LogP contribution in [0.3, 0.4) is 0 Å². The minimum Gasteiger partial charge on any atom is -0.496 e. The van der Waals surface area contributed by atoms with Crippen LogP contribution in [0.4, 0.5) is 0 Å². The lowest BCUT2D eigenvalue weighted by molar-refractivity contribution is -0.422.